The molecule has 0 aliphatic rings. The second-order valence-corrected chi connectivity index (χ2v) is 4.09. The summed E-state index contributed by atoms with van der Waals surface area (Å²) < 4.78 is 41.0. The van der Waals surface area contributed by atoms with E-state index in [9.17, 15) is 18.0 Å². The van der Waals surface area contributed by atoms with Crippen LogP contribution in [0.4, 0.5) is 13.2 Å². The van der Waals surface area contributed by atoms with Crippen LogP contribution in [0, 0.1) is 0 Å². The van der Waals surface area contributed by atoms with Crippen LogP contribution in [-0.2, 0) is 0 Å². The molecule has 1 heterocycles. The Balaban J connectivity index is 2.50. The smallest absolute Gasteiger partial charge is 0.405 e. The maximum Gasteiger partial charge on any atom is 0.573 e. The van der Waals surface area contributed by atoms with Crippen LogP contribution in [0.3, 0.4) is 0 Å². The van der Waals surface area contributed by atoms with Gasteiger partial charge in [-0.1, -0.05) is 29.8 Å². The van der Waals surface area contributed by atoms with Gasteiger partial charge in [-0.2, -0.15) is 0 Å². The molecule has 0 N–H and O–H groups in total. The molecule has 0 aliphatic heterocycles. The zero-order chi connectivity index (χ0) is 14.8. The third kappa shape index (κ3) is 3.27. The Morgan fingerprint density at radius 3 is 2.40 bits per heavy atom. The fourth-order valence-corrected chi connectivity index (χ4v) is 1.88. The second-order valence-electron chi connectivity index (χ2n) is 3.74. The molecule has 0 aliphatic carbocycles. The average molecular weight is 302 g/mol. The zero-order valence-electron chi connectivity index (χ0n) is 9.82. The summed E-state index contributed by atoms with van der Waals surface area (Å²) >= 11 is 5.88. The Bertz CT molecular complexity index is 644. The summed E-state index contributed by atoms with van der Waals surface area (Å²) in [6.07, 6.45) is -4.31. The molecular weight excluding hydrogens is 295 g/mol. The third-order valence-corrected chi connectivity index (χ3v) is 2.68. The number of rotatable bonds is 3. The van der Waals surface area contributed by atoms with Crippen LogP contribution in [-0.4, -0.2) is 17.6 Å². The number of benzene rings is 1. The van der Waals surface area contributed by atoms with Crippen molar-refractivity contribution in [1.29, 1.82) is 0 Å². The van der Waals surface area contributed by atoms with Crippen LogP contribution in [0.1, 0.15) is 10.5 Å². The van der Waals surface area contributed by atoms with Crippen LogP contribution in [0.25, 0.3) is 11.1 Å². The molecule has 3 nitrogen and oxygen atoms in total. The number of ether oxygens (including phenoxy) is 1. The molecule has 1 aromatic carbocycles. The molecule has 0 saturated heterocycles. The lowest BCUT2D eigenvalue weighted by Crippen LogP contribution is -2.17. The van der Waals surface area contributed by atoms with E-state index in [2.05, 4.69) is 9.72 Å². The first-order valence-corrected chi connectivity index (χ1v) is 5.75. The molecule has 0 saturated carbocycles. The number of pyridine rings is 1. The normalized spacial score (nSPS) is 11.2. The molecule has 20 heavy (non-hydrogen) atoms. The minimum Gasteiger partial charge on any atom is -0.405 e. The molecule has 0 amide bonds. The average Bonchev–Trinajstić information content (AvgIpc) is 2.38. The Morgan fingerprint density at radius 1 is 1.10 bits per heavy atom. The Kier molecular flexibility index (Phi) is 3.94. The van der Waals surface area contributed by atoms with Crippen molar-refractivity contribution in [2.75, 3.05) is 0 Å². The second kappa shape index (κ2) is 5.50. The van der Waals surface area contributed by atoms with Crippen molar-refractivity contribution in [3.05, 3.63) is 47.2 Å². The fraction of sp³-hybridized carbons (Fsp3) is 0.0769. The van der Waals surface area contributed by atoms with Crippen LogP contribution >= 0.6 is 11.6 Å². The minimum absolute atomic E-state index is 0.0761. The third-order valence-electron chi connectivity index (χ3n) is 2.39. The van der Waals surface area contributed by atoms with Gasteiger partial charge < -0.3 is 4.74 Å². The number of aldehydes is 1. The van der Waals surface area contributed by atoms with Crippen molar-refractivity contribution in [3.8, 4) is 16.9 Å². The highest BCUT2D eigenvalue weighted by Crippen LogP contribution is 2.36. The highest BCUT2D eigenvalue weighted by molar-refractivity contribution is 6.32. The van der Waals surface area contributed by atoms with Gasteiger partial charge in [-0.3, -0.25) is 4.79 Å². The van der Waals surface area contributed by atoms with E-state index in [0.29, 0.717) is 6.29 Å². The van der Waals surface area contributed by atoms with Gasteiger partial charge in [-0.15, -0.1) is 13.2 Å². The number of halogens is 4. The van der Waals surface area contributed by atoms with Gasteiger partial charge in [0.2, 0.25) is 0 Å². The van der Waals surface area contributed by atoms with E-state index in [1.54, 1.807) is 6.07 Å². The quantitative estimate of drug-likeness (QED) is 0.632. The number of para-hydroxylation sites is 1. The monoisotopic (exact) mass is 301 g/mol. The van der Waals surface area contributed by atoms with E-state index in [4.69, 9.17) is 11.6 Å². The van der Waals surface area contributed by atoms with Crippen LogP contribution in [0.15, 0.2) is 36.4 Å². The number of nitrogens with zero attached hydrogens (tertiary/aromatic N) is 1. The molecular formula is C13H7ClF3NO2. The lowest BCUT2D eigenvalue weighted by atomic mass is 10.1. The molecule has 0 atom stereocenters. The van der Waals surface area contributed by atoms with Gasteiger partial charge >= 0.3 is 6.36 Å². The van der Waals surface area contributed by atoms with Gasteiger partial charge in [0.05, 0.1) is 0 Å². The molecule has 0 unspecified atom stereocenters. The van der Waals surface area contributed by atoms with Crippen molar-refractivity contribution in [3.63, 3.8) is 0 Å². The topological polar surface area (TPSA) is 39.2 Å². The van der Waals surface area contributed by atoms with E-state index < -0.39 is 6.36 Å². The predicted molar refractivity (Wildman–Crippen MR) is 66.8 cm³/mol. The summed E-state index contributed by atoms with van der Waals surface area (Å²) in [4.78, 5) is 14.3. The van der Waals surface area contributed by atoms with Gasteiger partial charge in [0.1, 0.15) is 16.6 Å². The summed E-state index contributed by atoms with van der Waals surface area (Å²) in [6.45, 7) is 0. The van der Waals surface area contributed by atoms with E-state index in [1.165, 1.54) is 30.3 Å². The molecule has 0 radical (unpaired) electrons. The van der Waals surface area contributed by atoms with Crippen molar-refractivity contribution in [2.24, 2.45) is 0 Å². The number of hydrogen-bond acceptors (Lipinski definition) is 3. The number of carbonyl (C=O) groups is 1. The summed E-state index contributed by atoms with van der Waals surface area (Å²) in [6, 6.07) is 8.32. The van der Waals surface area contributed by atoms with E-state index in [-0.39, 0.29) is 27.7 Å². The van der Waals surface area contributed by atoms with E-state index in [1.807, 2.05) is 0 Å². The van der Waals surface area contributed by atoms with Gasteiger partial charge in [-0.05, 0) is 18.2 Å². The SMILES string of the molecule is O=Cc1ccc(-c2ccccc2OC(F)(F)F)c(Cl)n1. The first-order chi connectivity index (χ1) is 9.40. The molecule has 1 aromatic heterocycles. The van der Waals surface area contributed by atoms with E-state index in [0.717, 1.165) is 0 Å². The number of carbonyl (C=O) groups excluding carboxylic acids is 1. The van der Waals surface area contributed by atoms with Gasteiger partial charge in [-0.25, -0.2) is 4.98 Å². The predicted octanol–water partition coefficient (Wildman–Crippen LogP) is 4.11. The Labute approximate surface area is 117 Å². The largest absolute Gasteiger partial charge is 0.573 e. The highest BCUT2D eigenvalue weighted by atomic mass is 35.5. The van der Waals surface area contributed by atoms with Crippen LogP contribution < -0.4 is 4.74 Å². The van der Waals surface area contributed by atoms with Crippen molar-refractivity contribution < 1.29 is 22.7 Å². The molecule has 2 rings (SSSR count). The molecule has 0 fully saturated rings. The summed E-state index contributed by atoms with van der Waals surface area (Å²) in [5.74, 6) is -0.387. The van der Waals surface area contributed by atoms with Crippen molar-refractivity contribution in [1.82, 2.24) is 4.98 Å². The Hall–Kier alpha value is -2.08. The minimum atomic E-state index is -4.81. The van der Waals surface area contributed by atoms with Crippen molar-refractivity contribution >= 4 is 17.9 Å². The van der Waals surface area contributed by atoms with Gasteiger partial charge in [0.15, 0.2) is 6.29 Å². The molecule has 2 aromatic rings. The van der Waals surface area contributed by atoms with Crippen LogP contribution in [0.5, 0.6) is 5.75 Å². The highest BCUT2D eigenvalue weighted by Gasteiger charge is 2.32. The first kappa shape index (κ1) is 14.3. The molecule has 0 spiro atoms. The number of alkyl halides is 3. The van der Waals surface area contributed by atoms with Gasteiger partial charge in [0, 0.05) is 11.1 Å². The number of aromatic nitrogens is 1. The Morgan fingerprint density at radius 2 is 1.80 bits per heavy atom. The lowest BCUT2D eigenvalue weighted by molar-refractivity contribution is -0.274. The number of hydrogen-bond donors (Lipinski definition) is 0. The maximum absolute atomic E-state index is 12.3. The lowest BCUT2D eigenvalue weighted by Gasteiger charge is -2.13. The van der Waals surface area contributed by atoms with Crippen molar-refractivity contribution in [2.45, 2.75) is 6.36 Å². The molecule has 7 heteroatoms. The summed E-state index contributed by atoms with van der Waals surface area (Å²) in [5.41, 5.74) is 0.477. The molecule has 0 bridgehead atoms. The maximum atomic E-state index is 12.3. The fourth-order valence-electron chi connectivity index (χ4n) is 1.62. The standard InChI is InChI=1S/C13H7ClF3NO2/c14-12-10(6-5-8(7-19)18-12)9-3-1-2-4-11(9)20-13(15,16)17/h1-7H. The van der Waals surface area contributed by atoms with Crippen LogP contribution in [0.2, 0.25) is 5.15 Å². The van der Waals surface area contributed by atoms with Gasteiger partial charge in [0.25, 0.3) is 0 Å². The first-order valence-electron chi connectivity index (χ1n) is 5.37. The summed E-state index contributed by atoms with van der Waals surface area (Å²) in [5, 5.41) is -0.0761. The van der Waals surface area contributed by atoms with E-state index >= 15 is 0 Å². The summed E-state index contributed by atoms with van der Waals surface area (Å²) in [7, 11) is 0. The molecule has 104 valence electrons. The zero-order valence-corrected chi connectivity index (χ0v) is 10.6.